The van der Waals surface area contributed by atoms with Crippen molar-refractivity contribution in [2.75, 3.05) is 20.8 Å². The summed E-state index contributed by atoms with van der Waals surface area (Å²) in [5.74, 6) is 0.246. The van der Waals surface area contributed by atoms with Crippen LogP contribution in [0.25, 0.3) is 0 Å². The van der Waals surface area contributed by atoms with Gasteiger partial charge < -0.3 is 20.1 Å². The third kappa shape index (κ3) is 6.25. The maximum atomic E-state index is 12.8. The molecule has 0 spiro atoms. The number of methoxy groups -OCH3 is 2. The standard InChI is InChI=1S/C21H24N2O5S/c1-13(2)23-19(24)12-22-20(25)16-7-5-6-8-18(16)29-21(26)15-10-9-14(27-3)11-17(15)28-4/h5-11,13H,12H2,1-4H3,(H,22,25)(H,23,24). The molecule has 0 heterocycles. The van der Waals surface area contributed by atoms with Crippen molar-refractivity contribution in [1.29, 1.82) is 0 Å². The van der Waals surface area contributed by atoms with Gasteiger partial charge in [-0.1, -0.05) is 12.1 Å². The van der Waals surface area contributed by atoms with Crippen molar-refractivity contribution in [1.82, 2.24) is 10.6 Å². The van der Waals surface area contributed by atoms with Crippen LogP contribution in [-0.4, -0.2) is 43.7 Å². The molecule has 0 bridgehead atoms. The van der Waals surface area contributed by atoms with Gasteiger partial charge in [0.2, 0.25) is 11.0 Å². The van der Waals surface area contributed by atoms with Gasteiger partial charge in [-0.2, -0.15) is 0 Å². The number of benzene rings is 2. The highest BCUT2D eigenvalue weighted by Crippen LogP contribution is 2.32. The van der Waals surface area contributed by atoms with E-state index in [9.17, 15) is 14.4 Å². The second kappa shape index (κ2) is 10.5. The van der Waals surface area contributed by atoms with E-state index in [1.807, 2.05) is 13.8 Å². The fraction of sp³-hybridized carbons (Fsp3) is 0.286. The summed E-state index contributed by atoms with van der Waals surface area (Å²) in [6.07, 6.45) is 0. The zero-order valence-electron chi connectivity index (χ0n) is 16.8. The van der Waals surface area contributed by atoms with E-state index in [0.29, 0.717) is 27.5 Å². The number of ether oxygens (including phenoxy) is 2. The van der Waals surface area contributed by atoms with Gasteiger partial charge in [0.15, 0.2) is 0 Å². The summed E-state index contributed by atoms with van der Waals surface area (Å²) in [7, 11) is 3.00. The van der Waals surface area contributed by atoms with Crippen LogP contribution in [0.2, 0.25) is 0 Å². The first kappa shape index (κ1) is 22.3. The second-order valence-corrected chi connectivity index (χ2v) is 7.37. The Hall–Kier alpha value is -3.00. The molecule has 0 aliphatic heterocycles. The smallest absolute Gasteiger partial charge is 0.252 e. The van der Waals surface area contributed by atoms with E-state index in [2.05, 4.69) is 10.6 Å². The predicted molar refractivity (Wildman–Crippen MR) is 112 cm³/mol. The molecule has 2 aromatic rings. The number of amides is 2. The lowest BCUT2D eigenvalue weighted by Crippen LogP contribution is -2.39. The van der Waals surface area contributed by atoms with Gasteiger partial charge in [-0.3, -0.25) is 14.4 Å². The van der Waals surface area contributed by atoms with Gasteiger partial charge in [0.1, 0.15) is 11.5 Å². The van der Waals surface area contributed by atoms with E-state index >= 15 is 0 Å². The van der Waals surface area contributed by atoms with Crippen molar-refractivity contribution >= 4 is 28.7 Å². The third-order valence-electron chi connectivity index (χ3n) is 3.82. The van der Waals surface area contributed by atoms with E-state index in [0.717, 1.165) is 11.8 Å². The van der Waals surface area contributed by atoms with Crippen LogP contribution in [0.4, 0.5) is 0 Å². The number of carbonyl (C=O) groups excluding carboxylic acids is 3. The first-order chi connectivity index (χ1) is 13.8. The fourth-order valence-corrected chi connectivity index (χ4v) is 3.39. The molecule has 2 aromatic carbocycles. The van der Waals surface area contributed by atoms with Crippen LogP contribution in [0.1, 0.15) is 34.6 Å². The zero-order valence-corrected chi connectivity index (χ0v) is 17.6. The molecule has 0 saturated heterocycles. The zero-order chi connectivity index (χ0) is 21.4. The topological polar surface area (TPSA) is 93.7 Å². The van der Waals surface area contributed by atoms with Crippen molar-refractivity contribution in [3.05, 3.63) is 53.6 Å². The number of hydrogen-bond acceptors (Lipinski definition) is 6. The maximum Gasteiger partial charge on any atom is 0.252 e. The van der Waals surface area contributed by atoms with Gasteiger partial charge in [-0.15, -0.1) is 0 Å². The summed E-state index contributed by atoms with van der Waals surface area (Å²) in [5, 5.41) is 5.01. The van der Waals surface area contributed by atoms with Gasteiger partial charge in [0, 0.05) is 17.0 Å². The molecule has 0 aromatic heterocycles. The van der Waals surface area contributed by atoms with Crippen LogP contribution >= 0.6 is 11.8 Å². The fourth-order valence-electron chi connectivity index (χ4n) is 2.49. The van der Waals surface area contributed by atoms with Gasteiger partial charge in [0.25, 0.3) is 5.91 Å². The maximum absolute atomic E-state index is 12.8. The Morgan fingerprint density at radius 2 is 1.72 bits per heavy atom. The Morgan fingerprint density at radius 3 is 2.38 bits per heavy atom. The van der Waals surface area contributed by atoms with Crippen LogP contribution in [0.15, 0.2) is 47.4 Å². The average Bonchev–Trinajstić information content (AvgIpc) is 2.71. The Morgan fingerprint density at radius 1 is 1.00 bits per heavy atom. The lowest BCUT2D eigenvalue weighted by Gasteiger charge is -2.12. The third-order valence-corrected chi connectivity index (χ3v) is 4.80. The van der Waals surface area contributed by atoms with E-state index in [1.165, 1.54) is 14.2 Å². The first-order valence-electron chi connectivity index (χ1n) is 8.96. The Balaban J connectivity index is 2.15. The summed E-state index contributed by atoms with van der Waals surface area (Å²) in [4.78, 5) is 37.6. The summed E-state index contributed by atoms with van der Waals surface area (Å²) < 4.78 is 10.4. The molecule has 0 aliphatic rings. The largest absolute Gasteiger partial charge is 0.497 e. The molecular formula is C21H24N2O5S. The monoisotopic (exact) mass is 416 g/mol. The number of nitrogens with one attached hydrogen (secondary N) is 2. The van der Waals surface area contributed by atoms with Crippen molar-refractivity contribution in [2.24, 2.45) is 0 Å². The van der Waals surface area contributed by atoms with Gasteiger partial charge in [-0.25, -0.2) is 0 Å². The number of hydrogen-bond donors (Lipinski definition) is 2. The minimum atomic E-state index is -0.429. The highest BCUT2D eigenvalue weighted by atomic mass is 32.2. The quantitative estimate of drug-likeness (QED) is 0.643. The highest BCUT2D eigenvalue weighted by molar-refractivity contribution is 8.14. The summed E-state index contributed by atoms with van der Waals surface area (Å²) in [6.45, 7) is 3.53. The number of carbonyl (C=O) groups is 3. The van der Waals surface area contributed by atoms with Gasteiger partial charge >= 0.3 is 0 Å². The molecule has 8 heteroatoms. The highest BCUT2D eigenvalue weighted by Gasteiger charge is 2.19. The number of rotatable bonds is 8. The van der Waals surface area contributed by atoms with Crippen LogP contribution in [-0.2, 0) is 4.79 Å². The molecule has 0 radical (unpaired) electrons. The molecule has 29 heavy (non-hydrogen) atoms. The predicted octanol–water partition coefficient (Wildman–Crippen LogP) is 2.89. The molecule has 2 N–H and O–H groups in total. The molecule has 154 valence electrons. The van der Waals surface area contributed by atoms with Crippen molar-refractivity contribution < 1.29 is 23.9 Å². The summed E-state index contributed by atoms with van der Waals surface area (Å²) >= 11 is 0.918. The molecule has 0 saturated carbocycles. The van der Waals surface area contributed by atoms with Gasteiger partial charge in [-0.05, 0) is 49.9 Å². The van der Waals surface area contributed by atoms with E-state index < -0.39 is 5.91 Å². The molecule has 0 fully saturated rings. The molecule has 0 unspecified atom stereocenters. The van der Waals surface area contributed by atoms with E-state index in [4.69, 9.17) is 9.47 Å². The minimum Gasteiger partial charge on any atom is -0.497 e. The summed E-state index contributed by atoms with van der Waals surface area (Å²) in [6, 6.07) is 11.6. The van der Waals surface area contributed by atoms with E-state index in [1.54, 1.807) is 42.5 Å². The lowest BCUT2D eigenvalue weighted by atomic mass is 10.2. The molecule has 2 rings (SSSR count). The van der Waals surface area contributed by atoms with Gasteiger partial charge in [0.05, 0.1) is 31.9 Å². The normalized spacial score (nSPS) is 10.4. The van der Waals surface area contributed by atoms with Crippen LogP contribution in [0, 0.1) is 0 Å². The van der Waals surface area contributed by atoms with Crippen molar-refractivity contribution in [3.63, 3.8) is 0 Å². The Bertz CT molecular complexity index is 898. The Labute approximate surface area is 174 Å². The van der Waals surface area contributed by atoms with Crippen molar-refractivity contribution in [3.8, 4) is 11.5 Å². The average molecular weight is 416 g/mol. The SMILES string of the molecule is COc1ccc(C(=O)Sc2ccccc2C(=O)NCC(=O)NC(C)C)c(OC)c1. The van der Waals surface area contributed by atoms with Crippen LogP contribution in [0.3, 0.4) is 0 Å². The number of thioether (sulfide) groups is 1. The molecular weight excluding hydrogens is 392 g/mol. The molecule has 0 aliphatic carbocycles. The molecule has 2 amide bonds. The first-order valence-corrected chi connectivity index (χ1v) is 9.78. The van der Waals surface area contributed by atoms with Crippen LogP contribution in [0.5, 0.6) is 11.5 Å². The molecule has 0 atom stereocenters. The van der Waals surface area contributed by atoms with E-state index in [-0.39, 0.29) is 23.6 Å². The van der Waals surface area contributed by atoms with Crippen molar-refractivity contribution in [2.45, 2.75) is 24.8 Å². The minimum absolute atomic E-state index is 0.0145. The molecule has 7 nitrogen and oxygen atoms in total. The summed E-state index contributed by atoms with van der Waals surface area (Å²) in [5.41, 5.74) is 0.681. The second-order valence-electron chi connectivity index (χ2n) is 6.36. The van der Waals surface area contributed by atoms with Crippen LogP contribution < -0.4 is 20.1 Å². The lowest BCUT2D eigenvalue weighted by molar-refractivity contribution is -0.120. The Kier molecular flexibility index (Phi) is 8.09.